The first-order valence-electron chi connectivity index (χ1n) is 7.98. The molecule has 1 heterocycles. The quantitative estimate of drug-likeness (QED) is 0.881. The third kappa shape index (κ3) is 1.93. The third-order valence-electron chi connectivity index (χ3n) is 5.74. The fourth-order valence-corrected chi connectivity index (χ4v) is 5.44. The molecule has 4 saturated carbocycles. The van der Waals surface area contributed by atoms with Crippen molar-refractivity contribution in [3.63, 3.8) is 0 Å². The maximum absolute atomic E-state index is 11.9. The molecule has 0 unspecified atom stereocenters. The second-order valence-corrected chi connectivity index (χ2v) is 7.32. The molecule has 4 fully saturated rings. The molecule has 4 nitrogen and oxygen atoms in total. The molecule has 4 aliphatic carbocycles. The average Bonchev–Trinajstić information content (AvgIpc) is 2.36. The lowest BCUT2D eigenvalue weighted by molar-refractivity contribution is -0.00960. The Morgan fingerprint density at radius 2 is 1.80 bits per heavy atom. The van der Waals surface area contributed by atoms with Gasteiger partial charge in [0.2, 0.25) is 0 Å². The highest BCUT2D eigenvalue weighted by molar-refractivity contribution is 5.19. The Labute approximate surface area is 119 Å². The first-order chi connectivity index (χ1) is 9.67. The van der Waals surface area contributed by atoms with Gasteiger partial charge in [0.05, 0.1) is 0 Å². The van der Waals surface area contributed by atoms with Crippen LogP contribution in [0.15, 0.2) is 10.9 Å². The monoisotopic (exact) mass is 273 g/mol. The van der Waals surface area contributed by atoms with E-state index in [2.05, 4.69) is 4.98 Å². The zero-order valence-corrected chi connectivity index (χ0v) is 11.9. The van der Waals surface area contributed by atoms with Crippen molar-refractivity contribution < 1.29 is 0 Å². The molecule has 1 aromatic heterocycles. The minimum atomic E-state index is -0.00537. The van der Waals surface area contributed by atoms with E-state index in [1.54, 1.807) is 6.07 Å². The van der Waals surface area contributed by atoms with Crippen molar-refractivity contribution in [3.05, 3.63) is 27.9 Å². The van der Waals surface area contributed by atoms with Crippen LogP contribution in [-0.2, 0) is 11.8 Å². The van der Waals surface area contributed by atoms with Gasteiger partial charge in [-0.05, 0) is 62.8 Å². The second-order valence-electron chi connectivity index (χ2n) is 7.32. The molecule has 1 aromatic rings. The lowest BCUT2D eigenvalue weighted by Crippen LogP contribution is -2.50. The van der Waals surface area contributed by atoms with Crippen LogP contribution in [0.1, 0.15) is 50.0 Å². The molecule has 0 saturated heterocycles. The van der Waals surface area contributed by atoms with E-state index in [1.807, 2.05) is 0 Å². The van der Waals surface area contributed by atoms with Crippen LogP contribution in [0.5, 0.6) is 0 Å². The molecule has 0 spiro atoms. The molecule has 20 heavy (non-hydrogen) atoms. The highest BCUT2D eigenvalue weighted by atomic mass is 16.1. The Hall–Kier alpha value is -1.16. The number of nitrogens with one attached hydrogen (secondary N) is 1. The number of hydrogen-bond acceptors (Lipinski definition) is 3. The number of rotatable bonds is 3. The summed E-state index contributed by atoms with van der Waals surface area (Å²) in [5.41, 5.74) is 6.64. The van der Waals surface area contributed by atoms with Gasteiger partial charge in [0.1, 0.15) is 5.82 Å². The summed E-state index contributed by atoms with van der Waals surface area (Å²) in [7, 11) is 0. The molecular weight excluding hydrogens is 250 g/mol. The fraction of sp³-hybridized carbons (Fsp3) is 0.750. The van der Waals surface area contributed by atoms with Crippen molar-refractivity contribution in [2.45, 2.75) is 50.4 Å². The van der Waals surface area contributed by atoms with Gasteiger partial charge in [0.15, 0.2) is 0 Å². The smallest absolute Gasteiger partial charge is 0.251 e. The zero-order chi connectivity index (χ0) is 13.7. The summed E-state index contributed by atoms with van der Waals surface area (Å²) in [6.45, 7) is 0.552. The van der Waals surface area contributed by atoms with E-state index in [1.165, 1.54) is 38.5 Å². The van der Waals surface area contributed by atoms with Crippen LogP contribution in [0, 0.1) is 17.8 Å². The number of hydrogen-bond donors (Lipinski definition) is 2. The maximum Gasteiger partial charge on any atom is 0.251 e. The molecule has 0 atom stereocenters. The lowest BCUT2D eigenvalue weighted by Gasteiger charge is -2.56. The summed E-state index contributed by atoms with van der Waals surface area (Å²) in [6.07, 6.45) is 8.61. The summed E-state index contributed by atoms with van der Waals surface area (Å²) in [5.74, 6) is 3.56. The fourth-order valence-electron chi connectivity index (χ4n) is 5.44. The van der Waals surface area contributed by atoms with Gasteiger partial charge in [-0.1, -0.05) is 0 Å². The molecule has 4 aliphatic rings. The predicted molar refractivity (Wildman–Crippen MR) is 77.5 cm³/mol. The van der Waals surface area contributed by atoms with E-state index in [-0.39, 0.29) is 11.0 Å². The molecule has 4 heteroatoms. The lowest BCUT2D eigenvalue weighted by atomic mass is 9.49. The number of aromatic amines is 1. The zero-order valence-electron chi connectivity index (χ0n) is 11.9. The van der Waals surface area contributed by atoms with Crippen LogP contribution in [0.2, 0.25) is 0 Å². The molecule has 108 valence electrons. The standard InChI is InChI=1S/C16H23N3O/c17-2-1-13-6-14(20)19-15(18-13)16-7-10-3-11(8-16)5-12(4-10)9-16/h6,10-12H,1-5,7-9,17H2,(H,18,19,20). The van der Waals surface area contributed by atoms with E-state index in [9.17, 15) is 4.79 Å². The van der Waals surface area contributed by atoms with Crippen molar-refractivity contribution in [1.82, 2.24) is 9.97 Å². The molecule has 0 aromatic carbocycles. The minimum absolute atomic E-state index is 0.00537. The SMILES string of the molecule is NCCc1cc(=O)[nH]c(C23CC4CC(CC(C4)C2)C3)n1. The minimum Gasteiger partial charge on any atom is -0.330 e. The van der Waals surface area contributed by atoms with Crippen molar-refractivity contribution in [3.8, 4) is 0 Å². The number of H-pyrrole nitrogens is 1. The van der Waals surface area contributed by atoms with Crippen molar-refractivity contribution in [2.75, 3.05) is 6.54 Å². The van der Waals surface area contributed by atoms with Crippen LogP contribution >= 0.6 is 0 Å². The second kappa shape index (κ2) is 4.42. The van der Waals surface area contributed by atoms with E-state index in [4.69, 9.17) is 10.7 Å². The van der Waals surface area contributed by atoms with E-state index in [0.717, 1.165) is 29.3 Å². The average molecular weight is 273 g/mol. The molecule has 3 N–H and O–H groups in total. The van der Waals surface area contributed by atoms with Crippen molar-refractivity contribution in [1.29, 1.82) is 0 Å². The first-order valence-corrected chi connectivity index (χ1v) is 7.98. The van der Waals surface area contributed by atoms with Gasteiger partial charge < -0.3 is 10.7 Å². The van der Waals surface area contributed by atoms with Crippen LogP contribution in [0.4, 0.5) is 0 Å². The van der Waals surface area contributed by atoms with E-state index >= 15 is 0 Å². The molecule has 0 aliphatic heterocycles. The molecule has 0 radical (unpaired) electrons. The number of aromatic nitrogens is 2. The summed E-state index contributed by atoms with van der Waals surface area (Å²) < 4.78 is 0. The van der Waals surface area contributed by atoms with Gasteiger partial charge in [0, 0.05) is 23.6 Å². The van der Waals surface area contributed by atoms with Gasteiger partial charge in [-0.3, -0.25) is 4.79 Å². The first kappa shape index (κ1) is 12.6. The van der Waals surface area contributed by atoms with Gasteiger partial charge in [-0.15, -0.1) is 0 Å². The van der Waals surface area contributed by atoms with Crippen LogP contribution in [0.3, 0.4) is 0 Å². The molecular formula is C16H23N3O. The van der Waals surface area contributed by atoms with Gasteiger partial charge in [-0.25, -0.2) is 4.98 Å². The van der Waals surface area contributed by atoms with Gasteiger partial charge in [-0.2, -0.15) is 0 Å². The highest BCUT2D eigenvalue weighted by Gasteiger charge is 2.52. The Kier molecular flexibility index (Phi) is 2.78. The number of nitrogens with two attached hydrogens (primary N) is 1. The molecule has 0 amide bonds. The van der Waals surface area contributed by atoms with Crippen LogP contribution in [0.25, 0.3) is 0 Å². The summed E-state index contributed by atoms with van der Waals surface area (Å²) in [6, 6.07) is 1.61. The van der Waals surface area contributed by atoms with E-state index in [0.29, 0.717) is 13.0 Å². The molecule has 4 bridgehead atoms. The van der Waals surface area contributed by atoms with Crippen LogP contribution < -0.4 is 11.3 Å². The summed E-state index contributed by atoms with van der Waals surface area (Å²) in [5, 5.41) is 0. The summed E-state index contributed by atoms with van der Waals surface area (Å²) >= 11 is 0. The molecule has 5 rings (SSSR count). The normalized spacial score (nSPS) is 38.4. The Morgan fingerprint density at radius 1 is 1.20 bits per heavy atom. The number of nitrogens with zero attached hydrogens (tertiary/aromatic N) is 1. The largest absolute Gasteiger partial charge is 0.330 e. The highest BCUT2D eigenvalue weighted by Crippen LogP contribution is 2.59. The Bertz CT molecular complexity index is 542. The van der Waals surface area contributed by atoms with Gasteiger partial charge in [0.25, 0.3) is 5.56 Å². The topological polar surface area (TPSA) is 71.8 Å². The van der Waals surface area contributed by atoms with Gasteiger partial charge >= 0.3 is 0 Å². The Balaban J connectivity index is 1.75. The van der Waals surface area contributed by atoms with Crippen molar-refractivity contribution in [2.24, 2.45) is 23.5 Å². The third-order valence-corrected chi connectivity index (χ3v) is 5.74. The van der Waals surface area contributed by atoms with Crippen molar-refractivity contribution >= 4 is 0 Å². The van der Waals surface area contributed by atoms with Crippen LogP contribution in [-0.4, -0.2) is 16.5 Å². The summed E-state index contributed by atoms with van der Waals surface area (Å²) in [4.78, 5) is 19.8. The predicted octanol–water partition coefficient (Wildman–Crippen LogP) is 1.74. The Morgan fingerprint density at radius 3 is 2.35 bits per heavy atom. The van der Waals surface area contributed by atoms with E-state index < -0.39 is 0 Å². The maximum atomic E-state index is 11.9.